The van der Waals surface area contributed by atoms with Crippen LogP contribution in [0.25, 0.3) is 0 Å². The minimum atomic E-state index is -4.92. The molecule has 26 heavy (non-hydrogen) atoms. The largest absolute Gasteiger partial charge is 0.281 e. The Balaban J connectivity index is 0.000000273. The van der Waals surface area contributed by atoms with Gasteiger partial charge in [0.2, 0.25) is 0 Å². The Labute approximate surface area is 152 Å². The SMILES string of the molecule is CC(=O)Nc1ccccc1[As](=O)(O)OO.CN(F)C(=O)c1ccccc1. The van der Waals surface area contributed by atoms with Gasteiger partial charge in [-0.2, -0.15) is 5.12 Å². The second-order valence-corrected chi connectivity index (χ2v) is 8.49. The molecule has 2 amide bonds. The summed E-state index contributed by atoms with van der Waals surface area (Å²) in [5.74, 6) is -0.999. The van der Waals surface area contributed by atoms with Gasteiger partial charge in [-0.1, -0.05) is 22.7 Å². The summed E-state index contributed by atoms with van der Waals surface area (Å²) in [6, 6.07) is 14.1. The van der Waals surface area contributed by atoms with Crippen molar-refractivity contribution in [2.75, 3.05) is 12.4 Å². The molecule has 0 aliphatic heterocycles. The summed E-state index contributed by atoms with van der Waals surface area (Å²) < 4.78 is 36.4. The van der Waals surface area contributed by atoms with Gasteiger partial charge in [0, 0.05) is 12.6 Å². The molecule has 0 aliphatic rings. The van der Waals surface area contributed by atoms with Gasteiger partial charge in [0.25, 0.3) is 5.91 Å². The van der Waals surface area contributed by atoms with Crippen molar-refractivity contribution in [3.63, 3.8) is 0 Å². The zero-order chi connectivity index (χ0) is 19.7. The summed E-state index contributed by atoms with van der Waals surface area (Å²) in [6.45, 7) is 1.27. The number of para-hydroxylation sites is 1. The molecule has 1 unspecified atom stereocenters. The van der Waals surface area contributed by atoms with Crippen molar-refractivity contribution in [3.8, 4) is 0 Å². The van der Waals surface area contributed by atoms with E-state index in [9.17, 15) is 21.9 Å². The van der Waals surface area contributed by atoms with Crippen LogP contribution in [0.2, 0.25) is 0 Å². The number of nitrogens with one attached hydrogen (secondary N) is 1. The van der Waals surface area contributed by atoms with Gasteiger partial charge in [-0.15, -0.1) is 0 Å². The molecular formula is C16H18AsFN2O6. The Kier molecular flexibility index (Phi) is 8.21. The standard InChI is InChI=1S/C8H10AsNO5.C8H8FNO/c1-6(11)10-8-5-3-2-4-7(8)9(12,13)15-14;1-10(9)8(11)7-5-3-2-4-6-7/h2-5,14H,1H3,(H,10,11)(H,12,13);2-6H,1H3. The van der Waals surface area contributed by atoms with Crippen LogP contribution in [0.3, 0.4) is 0 Å². The average Bonchev–Trinajstić information content (AvgIpc) is 2.62. The minimum Gasteiger partial charge on any atom is -0.267 e. The molecule has 0 spiro atoms. The first-order valence-corrected chi connectivity index (χ1v) is 10.5. The number of rotatable bonds is 4. The molecule has 3 N–H and O–H groups in total. The molecule has 10 heteroatoms. The monoisotopic (exact) mass is 428 g/mol. The van der Waals surface area contributed by atoms with E-state index in [0.29, 0.717) is 5.56 Å². The quantitative estimate of drug-likeness (QED) is 0.293. The van der Waals surface area contributed by atoms with E-state index in [-0.39, 0.29) is 21.1 Å². The van der Waals surface area contributed by atoms with Crippen molar-refractivity contribution in [3.05, 3.63) is 60.2 Å². The molecule has 0 aromatic heterocycles. The van der Waals surface area contributed by atoms with Gasteiger partial charge in [-0.05, 0) is 12.1 Å². The fourth-order valence-corrected chi connectivity index (χ4v) is 3.49. The third kappa shape index (κ3) is 6.45. The van der Waals surface area contributed by atoms with Crippen LogP contribution in [0.15, 0.2) is 54.6 Å². The van der Waals surface area contributed by atoms with Crippen LogP contribution < -0.4 is 9.67 Å². The number of hydrogen-bond acceptors (Lipinski definition) is 5. The number of carbonyl (C=O) groups is 2. The fraction of sp³-hybridized carbons (Fsp3) is 0.125. The van der Waals surface area contributed by atoms with E-state index in [1.165, 1.54) is 25.1 Å². The summed E-state index contributed by atoms with van der Waals surface area (Å²) in [7, 11) is 1.08. The number of amides is 2. The summed E-state index contributed by atoms with van der Waals surface area (Å²) in [5.41, 5.74) is 0.515. The Morgan fingerprint density at radius 3 is 2.15 bits per heavy atom. The molecule has 1 atom stereocenters. The third-order valence-electron chi connectivity index (χ3n) is 2.93. The molecule has 8 nitrogen and oxygen atoms in total. The second-order valence-electron chi connectivity index (χ2n) is 4.95. The smallest absolute Gasteiger partial charge is 0.267 e. The molecule has 0 bridgehead atoms. The normalized spacial score (nSPS) is 12.2. The molecule has 0 fully saturated rings. The van der Waals surface area contributed by atoms with E-state index < -0.39 is 20.1 Å². The van der Waals surface area contributed by atoms with E-state index in [4.69, 9.17) is 5.26 Å². The van der Waals surface area contributed by atoms with Crippen LogP contribution in [-0.4, -0.2) is 47.5 Å². The molecule has 2 aromatic carbocycles. The maximum Gasteiger partial charge on any atom is 0.281 e. The van der Waals surface area contributed by atoms with E-state index in [1.54, 1.807) is 36.4 Å². The van der Waals surface area contributed by atoms with Crippen LogP contribution in [0.1, 0.15) is 17.3 Å². The number of hydrogen-bond donors (Lipinski definition) is 3. The van der Waals surface area contributed by atoms with Crippen molar-refractivity contribution in [1.82, 2.24) is 5.12 Å². The summed E-state index contributed by atoms with van der Waals surface area (Å²) in [4.78, 5) is 21.7. The molecule has 2 rings (SSSR count). The maximum atomic E-state index is 12.3. The van der Waals surface area contributed by atoms with Gasteiger partial charge < -0.3 is 0 Å². The number of halogens is 1. The molecule has 2 aromatic rings. The average molecular weight is 428 g/mol. The zero-order valence-electron chi connectivity index (χ0n) is 14.0. The van der Waals surface area contributed by atoms with Crippen molar-refractivity contribution in [2.45, 2.75) is 6.92 Å². The van der Waals surface area contributed by atoms with E-state index in [2.05, 4.69) is 9.19 Å². The number of anilines is 1. The number of carbonyl (C=O) groups excluding carboxylic acids is 2. The zero-order valence-corrected chi connectivity index (χ0v) is 15.9. The predicted molar refractivity (Wildman–Crippen MR) is 92.4 cm³/mol. The Hall–Kier alpha value is -2.45. The van der Waals surface area contributed by atoms with Gasteiger partial charge in [0.15, 0.2) is 0 Å². The van der Waals surface area contributed by atoms with Crippen molar-refractivity contribution >= 4 is 36.0 Å². The van der Waals surface area contributed by atoms with E-state index in [1.807, 2.05) is 0 Å². The van der Waals surface area contributed by atoms with Gasteiger partial charge in [0.1, 0.15) is 0 Å². The number of benzene rings is 2. The van der Waals surface area contributed by atoms with Crippen molar-refractivity contribution in [1.29, 1.82) is 0 Å². The molecule has 0 radical (unpaired) electrons. The molecular weight excluding hydrogens is 410 g/mol. The summed E-state index contributed by atoms with van der Waals surface area (Å²) >= 11 is -4.92. The third-order valence-corrected chi connectivity index (χ3v) is 5.49. The van der Waals surface area contributed by atoms with Crippen LogP contribution >= 0.6 is 0 Å². The Morgan fingerprint density at radius 1 is 1.12 bits per heavy atom. The minimum absolute atomic E-state index is 0.0648. The van der Waals surface area contributed by atoms with E-state index >= 15 is 0 Å². The first-order valence-electron chi connectivity index (χ1n) is 7.21. The summed E-state index contributed by atoms with van der Waals surface area (Å²) in [5, 5.41) is 10.7. The topological polar surface area (TPSA) is 116 Å². The van der Waals surface area contributed by atoms with Crippen LogP contribution in [0, 0.1) is 0 Å². The first-order chi connectivity index (χ1) is 12.2. The van der Waals surface area contributed by atoms with E-state index in [0.717, 1.165) is 7.05 Å². The maximum absolute atomic E-state index is 12.3. The van der Waals surface area contributed by atoms with Gasteiger partial charge >= 0.3 is 88.4 Å². The second kappa shape index (κ2) is 9.88. The Bertz CT molecular complexity index is 800. The fourth-order valence-electron chi connectivity index (χ4n) is 1.82. The Morgan fingerprint density at radius 2 is 1.65 bits per heavy atom. The van der Waals surface area contributed by atoms with Crippen molar-refractivity contribution < 1.29 is 31.0 Å². The van der Waals surface area contributed by atoms with Crippen LogP contribution in [0.5, 0.6) is 0 Å². The molecule has 0 aliphatic carbocycles. The predicted octanol–water partition coefficient (Wildman–Crippen LogP) is 1.35. The van der Waals surface area contributed by atoms with Gasteiger partial charge in [0.05, 0.1) is 0 Å². The molecule has 0 saturated heterocycles. The first kappa shape index (κ1) is 21.6. The number of nitrogens with zero attached hydrogens (tertiary/aromatic N) is 1. The van der Waals surface area contributed by atoms with Gasteiger partial charge in [-0.3, -0.25) is 4.79 Å². The van der Waals surface area contributed by atoms with Crippen molar-refractivity contribution in [2.24, 2.45) is 0 Å². The molecule has 0 heterocycles. The van der Waals surface area contributed by atoms with Gasteiger partial charge in [-0.25, -0.2) is 0 Å². The molecule has 0 saturated carbocycles. The van der Waals surface area contributed by atoms with Crippen LogP contribution in [-0.2, 0) is 12.4 Å². The van der Waals surface area contributed by atoms with Crippen LogP contribution in [0.4, 0.5) is 10.2 Å². The summed E-state index contributed by atoms with van der Waals surface area (Å²) in [6.07, 6.45) is 0. The molecule has 140 valence electrons.